The van der Waals surface area contributed by atoms with Gasteiger partial charge in [-0.25, -0.2) is 0 Å². The number of nitrogens with zero attached hydrogens (tertiary/aromatic N) is 1. The minimum Gasteiger partial charge on any atom is -0.398 e. The summed E-state index contributed by atoms with van der Waals surface area (Å²) in [5.41, 5.74) is 8.64. The van der Waals surface area contributed by atoms with E-state index in [1.165, 1.54) is 12.8 Å². The molecule has 1 aromatic rings. The summed E-state index contributed by atoms with van der Waals surface area (Å²) < 4.78 is 0. The zero-order chi connectivity index (χ0) is 14.5. The van der Waals surface area contributed by atoms with Crippen LogP contribution in [-0.2, 0) is 11.2 Å². The Hall–Kier alpha value is -1.55. The van der Waals surface area contributed by atoms with Crippen LogP contribution in [0.25, 0.3) is 0 Å². The van der Waals surface area contributed by atoms with Crippen molar-refractivity contribution < 1.29 is 4.79 Å². The quantitative estimate of drug-likeness (QED) is 0.812. The second kappa shape index (κ2) is 6.75. The van der Waals surface area contributed by atoms with Gasteiger partial charge in [-0.15, -0.1) is 0 Å². The van der Waals surface area contributed by atoms with Gasteiger partial charge in [-0.05, 0) is 56.5 Å². The number of likely N-dealkylation sites (tertiary alicyclic amines) is 1. The molecule has 3 N–H and O–H groups in total. The topological polar surface area (TPSA) is 58.4 Å². The van der Waals surface area contributed by atoms with Crippen LogP contribution in [0.4, 0.5) is 11.4 Å². The molecule has 1 heterocycles. The van der Waals surface area contributed by atoms with Gasteiger partial charge in [-0.2, -0.15) is 0 Å². The maximum absolute atomic E-state index is 12.4. The fourth-order valence-electron chi connectivity index (χ4n) is 2.88. The predicted molar refractivity (Wildman–Crippen MR) is 83.7 cm³/mol. The van der Waals surface area contributed by atoms with Gasteiger partial charge in [0.05, 0.1) is 6.04 Å². The largest absolute Gasteiger partial charge is 0.398 e. The second-order valence-electron chi connectivity index (χ2n) is 5.42. The average Bonchev–Trinajstić information content (AvgIpc) is 2.93. The van der Waals surface area contributed by atoms with Crippen LogP contribution < -0.4 is 11.1 Å². The molecule has 1 saturated heterocycles. The average molecular weight is 275 g/mol. The first kappa shape index (κ1) is 14.9. The Kier molecular flexibility index (Phi) is 5.01. The van der Waals surface area contributed by atoms with E-state index < -0.39 is 0 Å². The number of carbonyl (C=O) groups excluding carboxylic acids is 1. The van der Waals surface area contributed by atoms with E-state index in [1.54, 1.807) is 0 Å². The lowest BCUT2D eigenvalue weighted by Crippen LogP contribution is -2.42. The van der Waals surface area contributed by atoms with Crippen molar-refractivity contribution in [2.75, 3.05) is 24.1 Å². The Labute approximate surface area is 121 Å². The van der Waals surface area contributed by atoms with Crippen LogP contribution in [0.1, 0.15) is 38.7 Å². The first-order valence-electron chi connectivity index (χ1n) is 7.59. The number of amides is 1. The van der Waals surface area contributed by atoms with E-state index >= 15 is 0 Å². The Morgan fingerprint density at radius 1 is 1.35 bits per heavy atom. The molecule has 1 unspecified atom stereocenters. The third-order valence-corrected chi connectivity index (χ3v) is 4.07. The van der Waals surface area contributed by atoms with Crippen molar-refractivity contribution in [1.29, 1.82) is 0 Å². The van der Waals surface area contributed by atoms with Crippen molar-refractivity contribution in [2.45, 2.75) is 45.6 Å². The minimum atomic E-state index is -0.0235. The first-order valence-corrected chi connectivity index (χ1v) is 7.59. The summed E-state index contributed by atoms with van der Waals surface area (Å²) in [6.45, 7) is 6.20. The number of anilines is 2. The molecule has 1 fully saturated rings. The van der Waals surface area contributed by atoms with Crippen molar-refractivity contribution in [3.63, 3.8) is 0 Å². The van der Waals surface area contributed by atoms with E-state index in [4.69, 9.17) is 5.73 Å². The van der Waals surface area contributed by atoms with Crippen molar-refractivity contribution >= 4 is 17.3 Å². The Balaban J connectivity index is 2.04. The number of hydrogen-bond acceptors (Lipinski definition) is 3. The highest BCUT2D eigenvalue weighted by Crippen LogP contribution is 2.20. The third kappa shape index (κ3) is 3.31. The minimum absolute atomic E-state index is 0.0235. The van der Waals surface area contributed by atoms with Crippen molar-refractivity contribution in [2.24, 2.45) is 0 Å². The molecular weight excluding hydrogens is 250 g/mol. The highest BCUT2D eigenvalue weighted by Gasteiger charge is 2.26. The maximum Gasteiger partial charge on any atom is 0.241 e. The van der Waals surface area contributed by atoms with Gasteiger partial charge in [-0.1, -0.05) is 19.9 Å². The molecule has 0 aliphatic carbocycles. The van der Waals surface area contributed by atoms with Gasteiger partial charge in [-0.3, -0.25) is 9.69 Å². The van der Waals surface area contributed by atoms with Gasteiger partial charge in [0.15, 0.2) is 0 Å². The molecule has 1 aliphatic rings. The summed E-state index contributed by atoms with van der Waals surface area (Å²) in [4.78, 5) is 14.7. The summed E-state index contributed by atoms with van der Waals surface area (Å²) in [7, 11) is 0. The summed E-state index contributed by atoms with van der Waals surface area (Å²) in [5.74, 6) is 0.0815. The molecule has 0 aromatic heterocycles. The summed E-state index contributed by atoms with van der Waals surface area (Å²) in [5, 5.41) is 3.00. The number of nitrogens with two attached hydrogens (primary N) is 1. The SMILES string of the molecule is CCc1ccc(NC(=O)C(CC)N2CCCC2)cc1N. The van der Waals surface area contributed by atoms with E-state index in [-0.39, 0.29) is 11.9 Å². The fraction of sp³-hybridized carbons (Fsp3) is 0.562. The Morgan fingerprint density at radius 3 is 2.60 bits per heavy atom. The van der Waals surface area contributed by atoms with Crippen LogP contribution >= 0.6 is 0 Å². The van der Waals surface area contributed by atoms with Crippen LogP contribution in [-0.4, -0.2) is 29.9 Å². The molecule has 4 nitrogen and oxygen atoms in total. The zero-order valence-electron chi connectivity index (χ0n) is 12.5. The van der Waals surface area contributed by atoms with E-state index in [2.05, 4.69) is 24.1 Å². The highest BCUT2D eigenvalue weighted by molar-refractivity contribution is 5.95. The fourth-order valence-corrected chi connectivity index (χ4v) is 2.88. The Morgan fingerprint density at radius 2 is 2.05 bits per heavy atom. The number of hydrogen-bond donors (Lipinski definition) is 2. The van der Waals surface area contributed by atoms with Crippen LogP contribution in [0, 0.1) is 0 Å². The van der Waals surface area contributed by atoms with Crippen molar-refractivity contribution in [3.05, 3.63) is 23.8 Å². The second-order valence-corrected chi connectivity index (χ2v) is 5.42. The van der Waals surface area contributed by atoms with Crippen molar-refractivity contribution in [3.8, 4) is 0 Å². The van der Waals surface area contributed by atoms with Crippen LogP contribution in [0.15, 0.2) is 18.2 Å². The van der Waals surface area contributed by atoms with Gasteiger partial charge < -0.3 is 11.1 Å². The number of nitrogen functional groups attached to an aromatic ring is 1. The lowest BCUT2D eigenvalue weighted by Gasteiger charge is -2.25. The lowest BCUT2D eigenvalue weighted by molar-refractivity contribution is -0.121. The molecule has 110 valence electrons. The number of rotatable bonds is 5. The molecule has 0 spiro atoms. The number of nitrogens with one attached hydrogen (secondary N) is 1. The Bertz CT molecular complexity index is 467. The molecule has 4 heteroatoms. The van der Waals surface area contributed by atoms with E-state index in [0.29, 0.717) is 0 Å². The van der Waals surface area contributed by atoms with E-state index in [9.17, 15) is 4.79 Å². The third-order valence-electron chi connectivity index (χ3n) is 4.07. The molecule has 2 rings (SSSR count). The molecule has 0 radical (unpaired) electrons. The zero-order valence-corrected chi connectivity index (χ0v) is 12.5. The summed E-state index contributed by atoms with van der Waals surface area (Å²) in [6.07, 6.45) is 4.14. The molecular formula is C16H25N3O. The molecule has 0 bridgehead atoms. The standard InChI is InChI=1S/C16H25N3O/c1-3-12-7-8-13(11-14(12)17)18-16(20)15(4-2)19-9-5-6-10-19/h7-8,11,15H,3-6,9-10,17H2,1-2H3,(H,18,20). The number of aryl methyl sites for hydroxylation is 1. The molecule has 1 aromatic carbocycles. The normalized spacial score (nSPS) is 17.1. The molecule has 0 saturated carbocycles. The monoisotopic (exact) mass is 275 g/mol. The molecule has 1 amide bonds. The predicted octanol–water partition coefficient (Wildman–Crippen LogP) is 2.64. The first-order chi connectivity index (χ1) is 9.65. The molecule has 20 heavy (non-hydrogen) atoms. The summed E-state index contributed by atoms with van der Waals surface area (Å²) in [6, 6.07) is 5.75. The van der Waals surface area contributed by atoms with E-state index in [0.717, 1.165) is 42.9 Å². The van der Waals surface area contributed by atoms with Gasteiger partial charge in [0, 0.05) is 11.4 Å². The van der Waals surface area contributed by atoms with Gasteiger partial charge in [0.2, 0.25) is 5.91 Å². The van der Waals surface area contributed by atoms with Crippen molar-refractivity contribution in [1.82, 2.24) is 4.90 Å². The lowest BCUT2D eigenvalue weighted by atomic mass is 10.1. The van der Waals surface area contributed by atoms with Gasteiger partial charge >= 0.3 is 0 Å². The molecule has 1 atom stereocenters. The van der Waals surface area contributed by atoms with Gasteiger partial charge in [0.1, 0.15) is 0 Å². The summed E-state index contributed by atoms with van der Waals surface area (Å²) >= 11 is 0. The van der Waals surface area contributed by atoms with E-state index in [1.807, 2.05) is 18.2 Å². The van der Waals surface area contributed by atoms with Crippen LogP contribution in [0.2, 0.25) is 0 Å². The smallest absolute Gasteiger partial charge is 0.241 e. The number of benzene rings is 1. The van der Waals surface area contributed by atoms with Crippen LogP contribution in [0.5, 0.6) is 0 Å². The molecule has 1 aliphatic heterocycles. The number of carbonyl (C=O) groups is 1. The van der Waals surface area contributed by atoms with Gasteiger partial charge in [0.25, 0.3) is 0 Å². The van der Waals surface area contributed by atoms with Crippen LogP contribution in [0.3, 0.4) is 0 Å². The highest BCUT2D eigenvalue weighted by atomic mass is 16.2. The maximum atomic E-state index is 12.4.